The molecule has 6 nitrogen and oxygen atoms in total. The van der Waals surface area contributed by atoms with Crippen LogP contribution in [0.25, 0.3) is 0 Å². The van der Waals surface area contributed by atoms with Crippen LogP contribution in [0.5, 0.6) is 0 Å². The molecule has 0 saturated heterocycles. The maximum absolute atomic E-state index is 12.8. The summed E-state index contributed by atoms with van der Waals surface area (Å²) in [5.41, 5.74) is 2.89. The third kappa shape index (κ3) is 6.24. The van der Waals surface area contributed by atoms with Crippen LogP contribution in [0.1, 0.15) is 32.3 Å². The lowest BCUT2D eigenvalue weighted by molar-refractivity contribution is -0.133. The number of hydrogen-bond donors (Lipinski definition) is 1. The van der Waals surface area contributed by atoms with E-state index in [9.17, 15) is 9.59 Å². The van der Waals surface area contributed by atoms with Crippen LogP contribution in [-0.4, -0.2) is 62.9 Å². The van der Waals surface area contributed by atoms with E-state index in [2.05, 4.69) is 15.1 Å². The number of amides is 2. The van der Waals surface area contributed by atoms with Crippen LogP contribution in [0.3, 0.4) is 0 Å². The Bertz CT molecular complexity index is 666. The summed E-state index contributed by atoms with van der Waals surface area (Å²) in [6.07, 6.45) is 2.00. The maximum Gasteiger partial charge on any atom is 0.226 e. The molecule has 6 heteroatoms. The van der Waals surface area contributed by atoms with Crippen LogP contribution < -0.4 is 10.2 Å². The van der Waals surface area contributed by atoms with Gasteiger partial charge < -0.3 is 20.0 Å². The molecule has 0 spiro atoms. The molecule has 2 rings (SSSR count). The fourth-order valence-corrected chi connectivity index (χ4v) is 2.89. The van der Waals surface area contributed by atoms with Crippen molar-refractivity contribution in [3.63, 3.8) is 0 Å². The number of likely N-dealkylation sites (N-methyl/N-ethyl adjacent to an activating group) is 1. The van der Waals surface area contributed by atoms with Gasteiger partial charge in [0.25, 0.3) is 0 Å². The van der Waals surface area contributed by atoms with Crippen LogP contribution in [0, 0.1) is 11.8 Å². The van der Waals surface area contributed by atoms with E-state index in [1.165, 1.54) is 0 Å². The normalized spacial score (nSPS) is 13.8. The van der Waals surface area contributed by atoms with Crippen LogP contribution in [0.4, 0.5) is 11.4 Å². The minimum atomic E-state index is -0.0741. The highest BCUT2D eigenvalue weighted by molar-refractivity contribution is 5.92. The van der Waals surface area contributed by atoms with Gasteiger partial charge in [-0.1, -0.05) is 13.8 Å². The van der Waals surface area contributed by atoms with Crippen LogP contribution in [-0.2, 0) is 16.1 Å². The first kappa shape index (κ1) is 21.2. The van der Waals surface area contributed by atoms with E-state index in [0.29, 0.717) is 13.1 Å². The van der Waals surface area contributed by atoms with E-state index in [1.807, 2.05) is 65.1 Å². The molecule has 0 bridgehead atoms. The molecular weight excluding hydrogens is 340 g/mol. The summed E-state index contributed by atoms with van der Waals surface area (Å²) in [7, 11) is 8.04. The summed E-state index contributed by atoms with van der Waals surface area (Å²) >= 11 is 0. The van der Waals surface area contributed by atoms with Gasteiger partial charge in [0.2, 0.25) is 11.8 Å². The lowest BCUT2D eigenvalue weighted by atomic mass is 10.1. The minimum absolute atomic E-state index is 0.00271. The number of carbonyl (C=O) groups is 2. The quantitative estimate of drug-likeness (QED) is 0.722. The van der Waals surface area contributed by atoms with Crippen molar-refractivity contribution in [1.82, 2.24) is 9.80 Å². The lowest BCUT2D eigenvalue weighted by Gasteiger charge is -2.27. The zero-order chi connectivity index (χ0) is 20.1. The van der Waals surface area contributed by atoms with Crippen molar-refractivity contribution in [2.45, 2.75) is 33.2 Å². The second kappa shape index (κ2) is 9.22. The second-order valence-electron chi connectivity index (χ2n) is 8.22. The summed E-state index contributed by atoms with van der Waals surface area (Å²) < 4.78 is 0. The van der Waals surface area contributed by atoms with Crippen LogP contribution >= 0.6 is 0 Å². The summed E-state index contributed by atoms with van der Waals surface area (Å²) in [5.74, 6) is 0.365. The third-order valence-electron chi connectivity index (χ3n) is 4.77. The Balaban J connectivity index is 2.25. The van der Waals surface area contributed by atoms with Gasteiger partial charge in [-0.3, -0.25) is 9.59 Å². The molecule has 0 atom stereocenters. The Kier molecular flexibility index (Phi) is 7.25. The largest absolute Gasteiger partial charge is 0.377 e. The predicted octanol–water partition coefficient (Wildman–Crippen LogP) is 2.65. The van der Waals surface area contributed by atoms with Gasteiger partial charge in [-0.05, 0) is 50.7 Å². The van der Waals surface area contributed by atoms with Crippen LogP contribution in [0.2, 0.25) is 0 Å². The molecule has 1 aromatic carbocycles. The van der Waals surface area contributed by atoms with E-state index in [0.717, 1.165) is 36.3 Å². The fraction of sp³-hybridized carbons (Fsp3) is 0.619. The first-order valence-corrected chi connectivity index (χ1v) is 9.73. The number of carbonyl (C=O) groups excluding carboxylic acids is 2. The number of nitrogens with zero attached hydrogens (tertiary/aromatic N) is 3. The van der Waals surface area contributed by atoms with Crippen molar-refractivity contribution in [3.05, 3.63) is 23.8 Å². The zero-order valence-electron chi connectivity index (χ0n) is 17.6. The number of hydrogen-bond acceptors (Lipinski definition) is 4. The average Bonchev–Trinajstić information content (AvgIpc) is 3.42. The number of anilines is 2. The molecule has 1 aliphatic carbocycles. The highest BCUT2D eigenvalue weighted by Gasteiger charge is 2.33. The summed E-state index contributed by atoms with van der Waals surface area (Å²) in [6.45, 7) is 5.85. The molecule has 1 aliphatic rings. The Morgan fingerprint density at radius 3 is 2.30 bits per heavy atom. The SMILES string of the molecule is CC(C)C(=O)Nc1ccc(N(C)C)c(CN(CCN(C)C)C(=O)C2CC2)c1. The van der Waals surface area contributed by atoms with Gasteiger partial charge in [0.15, 0.2) is 0 Å². The van der Waals surface area contributed by atoms with Gasteiger partial charge >= 0.3 is 0 Å². The van der Waals surface area contributed by atoms with Crippen molar-refractivity contribution in [3.8, 4) is 0 Å². The summed E-state index contributed by atoms with van der Waals surface area (Å²) in [4.78, 5) is 30.9. The van der Waals surface area contributed by atoms with Gasteiger partial charge in [0.1, 0.15) is 0 Å². The molecule has 1 fully saturated rings. The molecule has 0 unspecified atom stereocenters. The molecule has 0 radical (unpaired) electrons. The maximum atomic E-state index is 12.8. The highest BCUT2D eigenvalue weighted by atomic mass is 16.2. The third-order valence-corrected chi connectivity index (χ3v) is 4.77. The minimum Gasteiger partial charge on any atom is -0.377 e. The highest BCUT2D eigenvalue weighted by Crippen LogP contribution is 2.32. The van der Waals surface area contributed by atoms with Crippen molar-refractivity contribution in [2.24, 2.45) is 11.8 Å². The molecule has 1 saturated carbocycles. The summed E-state index contributed by atoms with van der Waals surface area (Å²) in [5, 5.41) is 2.97. The summed E-state index contributed by atoms with van der Waals surface area (Å²) in [6, 6.07) is 5.93. The van der Waals surface area contributed by atoms with E-state index in [4.69, 9.17) is 0 Å². The topological polar surface area (TPSA) is 55.9 Å². The second-order valence-corrected chi connectivity index (χ2v) is 8.22. The molecule has 0 aromatic heterocycles. The number of rotatable bonds is 9. The molecule has 0 aliphatic heterocycles. The number of nitrogens with one attached hydrogen (secondary N) is 1. The van der Waals surface area contributed by atoms with Gasteiger partial charge in [-0.25, -0.2) is 0 Å². The van der Waals surface area contributed by atoms with E-state index in [1.54, 1.807) is 0 Å². The van der Waals surface area contributed by atoms with Crippen molar-refractivity contribution < 1.29 is 9.59 Å². The first-order chi connectivity index (χ1) is 12.7. The monoisotopic (exact) mass is 374 g/mol. The Hall–Kier alpha value is -2.08. The predicted molar refractivity (Wildman–Crippen MR) is 111 cm³/mol. The molecule has 27 heavy (non-hydrogen) atoms. The molecule has 150 valence electrons. The van der Waals surface area contributed by atoms with Crippen molar-refractivity contribution in [1.29, 1.82) is 0 Å². The molecule has 2 amide bonds. The number of benzene rings is 1. The first-order valence-electron chi connectivity index (χ1n) is 9.73. The van der Waals surface area contributed by atoms with Gasteiger partial charge in [0, 0.05) is 56.9 Å². The van der Waals surface area contributed by atoms with Gasteiger partial charge in [0.05, 0.1) is 0 Å². The Morgan fingerprint density at radius 2 is 1.78 bits per heavy atom. The van der Waals surface area contributed by atoms with Gasteiger partial charge in [-0.2, -0.15) is 0 Å². The molecule has 0 heterocycles. The molecular formula is C21H34N4O2. The lowest BCUT2D eigenvalue weighted by Crippen LogP contribution is -2.37. The molecule has 1 aromatic rings. The Morgan fingerprint density at radius 1 is 1.11 bits per heavy atom. The van der Waals surface area contributed by atoms with E-state index >= 15 is 0 Å². The van der Waals surface area contributed by atoms with Gasteiger partial charge in [-0.15, -0.1) is 0 Å². The average molecular weight is 375 g/mol. The molecule has 1 N–H and O–H groups in total. The van der Waals surface area contributed by atoms with Crippen molar-refractivity contribution in [2.75, 3.05) is 51.5 Å². The smallest absolute Gasteiger partial charge is 0.226 e. The van der Waals surface area contributed by atoms with E-state index < -0.39 is 0 Å². The Labute approximate surface area is 163 Å². The van der Waals surface area contributed by atoms with Crippen molar-refractivity contribution >= 4 is 23.2 Å². The fourth-order valence-electron chi connectivity index (χ4n) is 2.89. The standard InChI is InChI=1S/C21H34N4O2/c1-15(2)20(26)22-18-9-10-19(24(5)6)17(13-18)14-25(12-11-23(3)4)21(27)16-7-8-16/h9-10,13,15-16H,7-8,11-12,14H2,1-6H3,(H,22,26). The zero-order valence-corrected chi connectivity index (χ0v) is 17.6. The van der Waals surface area contributed by atoms with Crippen LogP contribution in [0.15, 0.2) is 18.2 Å². The van der Waals surface area contributed by atoms with E-state index in [-0.39, 0.29) is 23.7 Å².